The number of ether oxygens (including phenoxy) is 1. The third-order valence-corrected chi connectivity index (χ3v) is 3.14. The smallest absolute Gasteiger partial charge is 0.410 e. The van der Waals surface area contributed by atoms with E-state index in [1.54, 1.807) is 7.05 Å². The number of amides is 2. The first kappa shape index (κ1) is 14.4. The van der Waals surface area contributed by atoms with Crippen molar-refractivity contribution in [2.75, 3.05) is 26.7 Å². The van der Waals surface area contributed by atoms with Gasteiger partial charge in [-0.05, 0) is 0 Å². The molecule has 1 saturated heterocycles. The monoisotopic (exact) mass is 281 g/mol. The van der Waals surface area contributed by atoms with Crippen LogP contribution < -0.4 is 0 Å². The molecule has 1 aliphatic heterocycles. The number of hydrogen-bond acceptors (Lipinski definition) is 5. The third kappa shape index (κ3) is 3.28. The van der Waals surface area contributed by atoms with Crippen LogP contribution in [0.15, 0.2) is 10.6 Å². The van der Waals surface area contributed by atoms with E-state index in [1.165, 1.54) is 9.80 Å². The van der Waals surface area contributed by atoms with Crippen LogP contribution in [0.4, 0.5) is 4.79 Å². The van der Waals surface area contributed by atoms with Crippen LogP contribution in [0, 0.1) is 0 Å². The zero-order valence-corrected chi connectivity index (χ0v) is 12.0. The maximum absolute atomic E-state index is 12.0. The molecule has 2 heterocycles. The Kier molecular flexibility index (Phi) is 4.26. The topological polar surface area (TPSA) is 75.9 Å². The fourth-order valence-corrected chi connectivity index (χ4v) is 1.86. The minimum absolute atomic E-state index is 0.0320. The molecular formula is C13H19N3O4. The van der Waals surface area contributed by atoms with Gasteiger partial charge in [0.05, 0.1) is 13.1 Å². The average Bonchev–Trinajstić information content (AvgIpc) is 2.99. The van der Waals surface area contributed by atoms with Gasteiger partial charge in [0, 0.05) is 19.0 Å². The second-order valence-electron chi connectivity index (χ2n) is 5.16. The van der Waals surface area contributed by atoms with Gasteiger partial charge in [-0.3, -0.25) is 9.69 Å². The largest absolute Gasteiger partial charge is 0.448 e. The fraction of sp³-hybridized carbons (Fsp3) is 0.615. The van der Waals surface area contributed by atoms with Crippen molar-refractivity contribution in [1.82, 2.24) is 15.0 Å². The molecule has 0 radical (unpaired) electrons. The maximum Gasteiger partial charge on any atom is 0.410 e. The summed E-state index contributed by atoms with van der Waals surface area (Å²) in [6.07, 6.45) is -0.435. The van der Waals surface area contributed by atoms with Crippen LogP contribution in [-0.4, -0.2) is 53.7 Å². The van der Waals surface area contributed by atoms with Gasteiger partial charge in [0.2, 0.25) is 5.91 Å². The number of hydrogen-bond donors (Lipinski definition) is 0. The number of cyclic esters (lactones) is 1. The van der Waals surface area contributed by atoms with Crippen molar-refractivity contribution in [3.8, 4) is 0 Å². The van der Waals surface area contributed by atoms with Crippen molar-refractivity contribution < 1.29 is 18.8 Å². The Balaban J connectivity index is 1.88. The summed E-state index contributed by atoms with van der Waals surface area (Å²) in [7, 11) is 1.67. The molecule has 20 heavy (non-hydrogen) atoms. The van der Waals surface area contributed by atoms with Crippen molar-refractivity contribution in [2.24, 2.45) is 0 Å². The quantitative estimate of drug-likeness (QED) is 0.810. The molecule has 110 valence electrons. The van der Waals surface area contributed by atoms with E-state index in [0.717, 1.165) is 5.76 Å². The minimum Gasteiger partial charge on any atom is -0.448 e. The molecule has 0 aromatic carbocycles. The lowest BCUT2D eigenvalue weighted by molar-refractivity contribution is -0.131. The first-order valence-corrected chi connectivity index (χ1v) is 6.58. The molecule has 1 aliphatic rings. The zero-order chi connectivity index (χ0) is 14.7. The molecule has 0 bridgehead atoms. The second-order valence-corrected chi connectivity index (χ2v) is 5.16. The van der Waals surface area contributed by atoms with E-state index >= 15 is 0 Å². The lowest BCUT2D eigenvalue weighted by atomic mass is 10.1. The highest BCUT2D eigenvalue weighted by atomic mass is 16.6. The lowest BCUT2D eigenvalue weighted by Crippen LogP contribution is -2.38. The standard InChI is InChI=1S/C13H19N3O4/c1-9(2)11-6-10(14-20-11)7-15(3)12(17)8-16-4-5-19-13(16)18/h6,9H,4-5,7-8H2,1-3H3. The molecule has 0 unspecified atom stereocenters. The van der Waals surface area contributed by atoms with Crippen molar-refractivity contribution in [1.29, 1.82) is 0 Å². The van der Waals surface area contributed by atoms with Crippen LogP contribution in [0.1, 0.15) is 31.2 Å². The molecule has 1 fully saturated rings. The summed E-state index contributed by atoms with van der Waals surface area (Å²) in [5, 5.41) is 3.93. The summed E-state index contributed by atoms with van der Waals surface area (Å²) in [4.78, 5) is 26.2. The van der Waals surface area contributed by atoms with Crippen LogP contribution >= 0.6 is 0 Å². The van der Waals surface area contributed by atoms with Gasteiger partial charge in [-0.1, -0.05) is 19.0 Å². The molecule has 1 aromatic rings. The second kappa shape index (κ2) is 5.94. The first-order valence-electron chi connectivity index (χ1n) is 6.58. The molecule has 0 aliphatic carbocycles. The highest BCUT2D eigenvalue weighted by Gasteiger charge is 2.25. The Hall–Kier alpha value is -2.05. The Morgan fingerprint density at radius 2 is 2.30 bits per heavy atom. The van der Waals surface area contributed by atoms with Crippen molar-refractivity contribution in [3.63, 3.8) is 0 Å². The SMILES string of the molecule is CC(C)c1cc(CN(C)C(=O)CN2CCOC2=O)no1. The molecule has 7 heteroatoms. The molecule has 2 rings (SSSR count). The Morgan fingerprint density at radius 3 is 2.85 bits per heavy atom. The fourth-order valence-electron chi connectivity index (χ4n) is 1.86. The molecule has 7 nitrogen and oxygen atoms in total. The summed E-state index contributed by atoms with van der Waals surface area (Å²) < 4.78 is 9.97. The highest BCUT2D eigenvalue weighted by Crippen LogP contribution is 2.16. The van der Waals surface area contributed by atoms with Gasteiger partial charge in [0.1, 0.15) is 24.6 Å². The predicted molar refractivity (Wildman–Crippen MR) is 70.0 cm³/mol. The molecule has 2 amide bonds. The number of rotatable bonds is 5. The molecular weight excluding hydrogens is 262 g/mol. The van der Waals surface area contributed by atoms with E-state index in [4.69, 9.17) is 9.26 Å². The summed E-state index contributed by atoms with van der Waals surface area (Å²) in [5.41, 5.74) is 0.702. The predicted octanol–water partition coefficient (Wildman–Crippen LogP) is 1.21. The average molecular weight is 281 g/mol. The van der Waals surface area contributed by atoms with Gasteiger partial charge in [-0.2, -0.15) is 0 Å². The normalized spacial score (nSPS) is 14.8. The summed E-state index contributed by atoms with van der Waals surface area (Å²) in [5.74, 6) is 0.901. The van der Waals surface area contributed by atoms with Gasteiger partial charge in [0.25, 0.3) is 0 Å². The maximum atomic E-state index is 12.0. The lowest BCUT2D eigenvalue weighted by Gasteiger charge is -2.19. The van der Waals surface area contributed by atoms with Gasteiger partial charge < -0.3 is 14.2 Å². The minimum atomic E-state index is -0.435. The summed E-state index contributed by atoms with van der Waals surface area (Å²) in [6.45, 7) is 5.22. The van der Waals surface area contributed by atoms with Crippen LogP contribution in [0.2, 0.25) is 0 Å². The van der Waals surface area contributed by atoms with Crippen molar-refractivity contribution >= 4 is 12.0 Å². The molecule has 0 saturated carbocycles. The van der Waals surface area contributed by atoms with Gasteiger partial charge >= 0.3 is 6.09 Å². The van der Waals surface area contributed by atoms with Gasteiger partial charge in [0.15, 0.2) is 0 Å². The highest BCUT2D eigenvalue weighted by molar-refractivity contribution is 5.82. The van der Waals surface area contributed by atoms with Crippen molar-refractivity contribution in [2.45, 2.75) is 26.3 Å². The van der Waals surface area contributed by atoms with E-state index < -0.39 is 6.09 Å². The van der Waals surface area contributed by atoms with E-state index in [9.17, 15) is 9.59 Å². The number of aromatic nitrogens is 1. The summed E-state index contributed by atoms with van der Waals surface area (Å²) in [6, 6.07) is 1.85. The molecule has 1 aromatic heterocycles. The van der Waals surface area contributed by atoms with Crippen LogP contribution in [-0.2, 0) is 16.1 Å². The van der Waals surface area contributed by atoms with Crippen LogP contribution in [0.25, 0.3) is 0 Å². The number of carbonyl (C=O) groups excluding carboxylic acids is 2. The van der Waals surface area contributed by atoms with E-state index in [1.807, 2.05) is 19.9 Å². The summed E-state index contributed by atoms with van der Waals surface area (Å²) >= 11 is 0. The van der Waals surface area contributed by atoms with E-state index in [0.29, 0.717) is 25.4 Å². The molecule has 0 atom stereocenters. The Labute approximate surface area is 117 Å². The Morgan fingerprint density at radius 1 is 1.55 bits per heavy atom. The van der Waals surface area contributed by atoms with Crippen molar-refractivity contribution in [3.05, 3.63) is 17.5 Å². The molecule has 0 spiro atoms. The van der Waals surface area contributed by atoms with Crippen LogP contribution in [0.5, 0.6) is 0 Å². The van der Waals surface area contributed by atoms with E-state index in [2.05, 4.69) is 5.16 Å². The number of carbonyl (C=O) groups is 2. The Bertz CT molecular complexity index is 498. The van der Waals surface area contributed by atoms with Crippen LogP contribution in [0.3, 0.4) is 0 Å². The van der Waals surface area contributed by atoms with E-state index in [-0.39, 0.29) is 18.4 Å². The third-order valence-electron chi connectivity index (χ3n) is 3.14. The first-order chi connectivity index (χ1) is 9.47. The molecule has 0 N–H and O–H groups in total. The zero-order valence-electron chi connectivity index (χ0n) is 12.0. The van der Waals surface area contributed by atoms with Gasteiger partial charge in [-0.25, -0.2) is 4.79 Å². The number of likely N-dealkylation sites (N-methyl/N-ethyl adjacent to an activating group) is 1. The number of nitrogens with zero attached hydrogens (tertiary/aromatic N) is 3. The van der Waals surface area contributed by atoms with Gasteiger partial charge in [-0.15, -0.1) is 0 Å².